The fourth-order valence-electron chi connectivity index (χ4n) is 1.87. The Kier molecular flexibility index (Phi) is 4.00. The Morgan fingerprint density at radius 1 is 1.11 bits per heavy atom. The Morgan fingerprint density at radius 3 is 2.32 bits per heavy atom. The van der Waals surface area contributed by atoms with E-state index in [4.69, 9.17) is 0 Å². The number of aliphatic hydroxyl groups is 1. The molecule has 0 radical (unpaired) electrons. The van der Waals surface area contributed by atoms with Crippen LogP contribution >= 0.6 is 0 Å². The van der Waals surface area contributed by atoms with Crippen molar-refractivity contribution in [3.8, 4) is 5.82 Å². The van der Waals surface area contributed by atoms with E-state index in [1.807, 2.05) is 24.4 Å². The van der Waals surface area contributed by atoms with Gasteiger partial charge in [0.05, 0.1) is 12.3 Å². The Bertz CT molecular complexity index is 558. The molecule has 4 nitrogen and oxygen atoms in total. The van der Waals surface area contributed by atoms with Crippen LogP contribution in [0.3, 0.4) is 0 Å². The van der Waals surface area contributed by atoms with Crippen molar-refractivity contribution < 1.29 is 5.11 Å². The van der Waals surface area contributed by atoms with Crippen molar-refractivity contribution in [2.24, 2.45) is 0 Å². The second kappa shape index (κ2) is 5.53. The van der Waals surface area contributed by atoms with Crippen molar-refractivity contribution in [2.45, 2.75) is 46.1 Å². The average molecular weight is 259 g/mol. The summed E-state index contributed by atoms with van der Waals surface area (Å²) in [6.07, 6.45) is 1.92. The van der Waals surface area contributed by atoms with Crippen molar-refractivity contribution in [3.63, 3.8) is 0 Å². The Hall–Kier alpha value is -1.68. The predicted molar refractivity (Wildman–Crippen MR) is 75.5 cm³/mol. The van der Waals surface area contributed by atoms with E-state index in [1.165, 1.54) is 0 Å². The van der Waals surface area contributed by atoms with Gasteiger partial charge >= 0.3 is 0 Å². The molecule has 2 aromatic rings. The average Bonchev–Trinajstić information content (AvgIpc) is 2.87. The van der Waals surface area contributed by atoms with Gasteiger partial charge in [0.15, 0.2) is 5.82 Å². The number of nitrogens with zero attached hydrogens (tertiary/aromatic N) is 3. The van der Waals surface area contributed by atoms with Crippen molar-refractivity contribution in [1.82, 2.24) is 14.8 Å². The van der Waals surface area contributed by atoms with Gasteiger partial charge < -0.3 is 5.11 Å². The Labute approximate surface area is 114 Å². The molecule has 2 rings (SSSR count). The maximum Gasteiger partial charge on any atom is 0.153 e. The number of pyridine rings is 1. The highest BCUT2D eigenvalue weighted by molar-refractivity contribution is 5.31. The van der Waals surface area contributed by atoms with Gasteiger partial charge in [0.1, 0.15) is 0 Å². The minimum Gasteiger partial charge on any atom is -0.392 e. The van der Waals surface area contributed by atoms with Crippen LogP contribution in [0, 0.1) is 0 Å². The highest BCUT2D eigenvalue weighted by Gasteiger charge is 2.09. The van der Waals surface area contributed by atoms with Gasteiger partial charge in [-0.15, -0.1) is 0 Å². The molecule has 0 bridgehead atoms. The van der Waals surface area contributed by atoms with Crippen LogP contribution < -0.4 is 0 Å². The second-order valence-corrected chi connectivity index (χ2v) is 5.41. The van der Waals surface area contributed by atoms with E-state index in [9.17, 15) is 5.11 Å². The molecule has 0 atom stereocenters. The van der Waals surface area contributed by atoms with E-state index in [0.29, 0.717) is 11.8 Å². The lowest BCUT2D eigenvalue weighted by Gasteiger charge is -2.10. The molecule has 0 unspecified atom stereocenters. The molecule has 0 aliphatic heterocycles. The fraction of sp³-hybridized carbons (Fsp3) is 0.467. The van der Waals surface area contributed by atoms with Gasteiger partial charge in [-0.2, -0.15) is 5.10 Å². The van der Waals surface area contributed by atoms with Crippen molar-refractivity contribution >= 4 is 0 Å². The zero-order valence-electron chi connectivity index (χ0n) is 12.0. The highest BCUT2D eigenvalue weighted by atomic mass is 16.3. The molecule has 102 valence electrons. The number of aliphatic hydroxyl groups excluding tert-OH is 1. The standard InChI is InChI=1S/C15H21N3O/c1-10(2)13-5-6-18(17-13)15-8-12(9-19)7-14(16-15)11(3)4/h5-8,10-11,19H,9H2,1-4H3. The molecule has 2 aromatic heterocycles. The van der Waals surface area contributed by atoms with Crippen LogP contribution in [-0.2, 0) is 6.61 Å². The molecule has 0 fully saturated rings. The third kappa shape index (κ3) is 3.01. The normalized spacial score (nSPS) is 11.5. The van der Waals surface area contributed by atoms with Gasteiger partial charge in [0.25, 0.3) is 0 Å². The SMILES string of the molecule is CC(C)c1cc(CO)cc(-n2ccc(C(C)C)n2)n1. The Morgan fingerprint density at radius 2 is 1.79 bits per heavy atom. The van der Waals surface area contributed by atoms with Gasteiger partial charge in [0, 0.05) is 11.9 Å². The van der Waals surface area contributed by atoms with E-state index in [-0.39, 0.29) is 6.61 Å². The van der Waals surface area contributed by atoms with Crippen LogP contribution in [0.4, 0.5) is 0 Å². The monoisotopic (exact) mass is 259 g/mol. The van der Waals surface area contributed by atoms with Crippen LogP contribution in [0.25, 0.3) is 5.82 Å². The lowest BCUT2D eigenvalue weighted by atomic mass is 10.1. The van der Waals surface area contributed by atoms with Gasteiger partial charge in [-0.3, -0.25) is 0 Å². The Balaban J connectivity index is 2.45. The lowest BCUT2D eigenvalue weighted by Crippen LogP contribution is -2.05. The molecule has 4 heteroatoms. The number of hydrogen-bond acceptors (Lipinski definition) is 3. The zero-order valence-corrected chi connectivity index (χ0v) is 12.0. The van der Waals surface area contributed by atoms with Gasteiger partial charge in [-0.1, -0.05) is 27.7 Å². The first kappa shape index (κ1) is 13.7. The molecule has 0 aliphatic rings. The van der Waals surface area contributed by atoms with Crippen molar-refractivity contribution in [1.29, 1.82) is 0 Å². The molecule has 19 heavy (non-hydrogen) atoms. The summed E-state index contributed by atoms with van der Waals surface area (Å²) in [7, 11) is 0. The van der Waals surface area contributed by atoms with Crippen molar-refractivity contribution in [2.75, 3.05) is 0 Å². The summed E-state index contributed by atoms with van der Waals surface area (Å²) in [6, 6.07) is 5.83. The molecule has 2 heterocycles. The van der Waals surface area contributed by atoms with E-state index in [1.54, 1.807) is 4.68 Å². The fourth-order valence-corrected chi connectivity index (χ4v) is 1.87. The minimum atomic E-state index is 0.0214. The summed E-state index contributed by atoms with van der Waals surface area (Å²) in [5.74, 6) is 1.49. The quantitative estimate of drug-likeness (QED) is 0.918. The van der Waals surface area contributed by atoms with Crippen molar-refractivity contribution in [3.05, 3.63) is 41.3 Å². The van der Waals surface area contributed by atoms with Gasteiger partial charge in [0.2, 0.25) is 0 Å². The summed E-state index contributed by atoms with van der Waals surface area (Å²) in [5.41, 5.74) is 2.89. The summed E-state index contributed by atoms with van der Waals surface area (Å²) >= 11 is 0. The summed E-state index contributed by atoms with van der Waals surface area (Å²) in [5, 5.41) is 13.9. The van der Waals surface area contributed by atoms with E-state index in [2.05, 4.69) is 37.8 Å². The third-order valence-electron chi connectivity index (χ3n) is 3.10. The summed E-state index contributed by atoms with van der Waals surface area (Å²) in [6.45, 7) is 8.44. The van der Waals surface area contributed by atoms with E-state index in [0.717, 1.165) is 22.8 Å². The summed E-state index contributed by atoms with van der Waals surface area (Å²) < 4.78 is 1.78. The smallest absolute Gasteiger partial charge is 0.153 e. The molecular weight excluding hydrogens is 238 g/mol. The maximum atomic E-state index is 9.35. The van der Waals surface area contributed by atoms with Crippen LogP contribution in [0.5, 0.6) is 0 Å². The van der Waals surface area contributed by atoms with Crippen LogP contribution in [-0.4, -0.2) is 19.9 Å². The number of hydrogen-bond donors (Lipinski definition) is 1. The van der Waals surface area contributed by atoms with Gasteiger partial charge in [-0.05, 0) is 35.6 Å². The van der Waals surface area contributed by atoms with Crippen LogP contribution in [0.2, 0.25) is 0 Å². The number of rotatable bonds is 4. The predicted octanol–water partition coefficient (Wildman–Crippen LogP) is 3.01. The highest BCUT2D eigenvalue weighted by Crippen LogP contribution is 2.18. The van der Waals surface area contributed by atoms with Crippen LogP contribution in [0.1, 0.15) is 56.5 Å². The first-order valence-corrected chi connectivity index (χ1v) is 6.69. The molecule has 0 saturated carbocycles. The molecule has 1 N–H and O–H groups in total. The zero-order chi connectivity index (χ0) is 14.0. The lowest BCUT2D eigenvalue weighted by molar-refractivity contribution is 0.281. The number of aromatic nitrogens is 3. The molecule has 0 aromatic carbocycles. The first-order chi connectivity index (χ1) is 9.01. The molecule has 0 amide bonds. The molecule has 0 spiro atoms. The van der Waals surface area contributed by atoms with Crippen LogP contribution in [0.15, 0.2) is 24.4 Å². The van der Waals surface area contributed by atoms with E-state index >= 15 is 0 Å². The third-order valence-corrected chi connectivity index (χ3v) is 3.10. The topological polar surface area (TPSA) is 50.9 Å². The second-order valence-electron chi connectivity index (χ2n) is 5.41. The minimum absolute atomic E-state index is 0.0214. The summed E-state index contributed by atoms with van der Waals surface area (Å²) in [4.78, 5) is 4.61. The molecular formula is C15H21N3O. The maximum absolute atomic E-state index is 9.35. The molecule has 0 aliphatic carbocycles. The van der Waals surface area contributed by atoms with E-state index < -0.39 is 0 Å². The largest absolute Gasteiger partial charge is 0.392 e. The first-order valence-electron chi connectivity index (χ1n) is 6.69. The van der Waals surface area contributed by atoms with Gasteiger partial charge in [-0.25, -0.2) is 9.67 Å². The molecule has 0 saturated heterocycles.